The Morgan fingerprint density at radius 3 is 2.77 bits per heavy atom. The zero-order valence-corrected chi connectivity index (χ0v) is 14.6. The largest absolute Gasteiger partial charge is 0.508 e. The van der Waals surface area contributed by atoms with Crippen molar-refractivity contribution in [3.63, 3.8) is 0 Å². The molecule has 3 N–H and O–H groups in total. The summed E-state index contributed by atoms with van der Waals surface area (Å²) in [6.07, 6.45) is 3.34. The van der Waals surface area contributed by atoms with Crippen molar-refractivity contribution in [2.24, 2.45) is 0 Å². The second-order valence-electron chi connectivity index (χ2n) is 6.77. The molecule has 5 nitrogen and oxygen atoms in total. The summed E-state index contributed by atoms with van der Waals surface area (Å²) < 4.78 is 0. The number of nitrogens with one attached hydrogen (secondary N) is 2. The minimum Gasteiger partial charge on any atom is -0.508 e. The number of H-pyrrole nitrogens is 1. The predicted molar refractivity (Wildman–Crippen MR) is 102 cm³/mol. The fourth-order valence-corrected chi connectivity index (χ4v) is 3.67. The van der Waals surface area contributed by atoms with Crippen LogP contribution in [0.15, 0.2) is 54.7 Å². The van der Waals surface area contributed by atoms with Gasteiger partial charge in [0.05, 0.1) is 6.04 Å². The van der Waals surface area contributed by atoms with Crippen molar-refractivity contribution in [2.75, 3.05) is 19.6 Å². The van der Waals surface area contributed by atoms with Gasteiger partial charge in [0.25, 0.3) is 0 Å². The highest BCUT2D eigenvalue weighted by Crippen LogP contribution is 2.21. The van der Waals surface area contributed by atoms with Crippen molar-refractivity contribution >= 4 is 16.8 Å². The number of benzene rings is 2. The fraction of sp³-hybridized carbons (Fsp3) is 0.286. The van der Waals surface area contributed by atoms with Gasteiger partial charge in [0.2, 0.25) is 5.91 Å². The number of rotatable bonds is 5. The number of hydrogen-bond acceptors (Lipinski definition) is 3. The van der Waals surface area contributed by atoms with E-state index in [2.05, 4.69) is 16.4 Å². The summed E-state index contributed by atoms with van der Waals surface area (Å²) in [7, 11) is 0. The summed E-state index contributed by atoms with van der Waals surface area (Å²) in [4.78, 5) is 18.1. The van der Waals surface area contributed by atoms with Gasteiger partial charge in [-0.15, -0.1) is 0 Å². The number of amides is 1. The van der Waals surface area contributed by atoms with Gasteiger partial charge >= 0.3 is 0 Å². The molecule has 2 aromatic carbocycles. The summed E-state index contributed by atoms with van der Waals surface area (Å²) in [5, 5.41) is 14.4. The van der Waals surface area contributed by atoms with Crippen LogP contribution in [0.2, 0.25) is 0 Å². The Morgan fingerprint density at radius 1 is 1.08 bits per heavy atom. The average Bonchev–Trinajstić information content (AvgIpc) is 3.07. The van der Waals surface area contributed by atoms with Gasteiger partial charge in [-0.1, -0.05) is 36.4 Å². The third kappa shape index (κ3) is 3.30. The summed E-state index contributed by atoms with van der Waals surface area (Å²) >= 11 is 0. The number of aromatic nitrogens is 1. The molecule has 1 aromatic heterocycles. The minimum absolute atomic E-state index is 0.136. The molecule has 26 heavy (non-hydrogen) atoms. The van der Waals surface area contributed by atoms with Gasteiger partial charge in [-0.3, -0.25) is 4.79 Å². The number of phenolic OH excluding ortho intramolecular Hbond substituents is 1. The first-order valence-corrected chi connectivity index (χ1v) is 9.06. The van der Waals surface area contributed by atoms with E-state index < -0.39 is 0 Å². The number of hydrogen-bond donors (Lipinski definition) is 3. The topological polar surface area (TPSA) is 68.4 Å². The van der Waals surface area contributed by atoms with Crippen molar-refractivity contribution < 1.29 is 9.90 Å². The maximum Gasteiger partial charge on any atom is 0.240 e. The number of phenols is 1. The van der Waals surface area contributed by atoms with Crippen molar-refractivity contribution in [1.29, 1.82) is 0 Å². The zero-order valence-electron chi connectivity index (χ0n) is 14.6. The number of piperazine rings is 1. The van der Waals surface area contributed by atoms with E-state index in [9.17, 15) is 9.90 Å². The number of fused-ring (bicyclic) bond motifs is 1. The van der Waals surface area contributed by atoms with Gasteiger partial charge < -0.3 is 20.3 Å². The molecule has 0 spiro atoms. The van der Waals surface area contributed by atoms with Gasteiger partial charge in [-0.05, 0) is 36.1 Å². The lowest BCUT2D eigenvalue weighted by molar-refractivity contribution is -0.135. The number of aromatic hydroxyl groups is 1. The average molecular weight is 349 g/mol. The van der Waals surface area contributed by atoms with Crippen LogP contribution in [0.1, 0.15) is 11.1 Å². The summed E-state index contributed by atoms with van der Waals surface area (Å²) in [5.74, 6) is 0.433. The normalized spacial score (nSPS) is 17.8. The number of aromatic amines is 1. The Hall–Kier alpha value is -2.79. The van der Waals surface area contributed by atoms with Crippen molar-refractivity contribution in [3.05, 3.63) is 65.9 Å². The van der Waals surface area contributed by atoms with Gasteiger partial charge in [-0.2, -0.15) is 0 Å². The molecule has 1 amide bonds. The zero-order chi connectivity index (χ0) is 17.9. The maximum absolute atomic E-state index is 12.9. The first-order chi connectivity index (χ1) is 12.7. The first kappa shape index (κ1) is 16.7. The third-order valence-electron chi connectivity index (χ3n) is 5.12. The van der Waals surface area contributed by atoms with Crippen LogP contribution < -0.4 is 5.32 Å². The Kier molecular flexibility index (Phi) is 4.63. The monoisotopic (exact) mass is 349 g/mol. The molecular weight excluding hydrogens is 326 g/mol. The van der Waals surface area contributed by atoms with Crippen LogP contribution in [0.3, 0.4) is 0 Å². The highest BCUT2D eigenvalue weighted by atomic mass is 16.3. The molecule has 0 aliphatic carbocycles. The van der Waals surface area contributed by atoms with E-state index in [4.69, 9.17) is 0 Å². The van der Waals surface area contributed by atoms with E-state index in [0.29, 0.717) is 31.7 Å². The SMILES string of the molecule is O=C1[C@@H](Cc2c[nH]c3ccccc23)NCCN1CCc1ccccc1O. The molecule has 3 aromatic rings. The van der Waals surface area contributed by atoms with Crippen LogP contribution in [0, 0.1) is 0 Å². The Bertz CT molecular complexity index is 918. The predicted octanol–water partition coefficient (Wildman–Crippen LogP) is 2.46. The molecule has 4 rings (SSSR count). The molecule has 5 heteroatoms. The van der Waals surface area contributed by atoms with E-state index in [1.165, 1.54) is 5.39 Å². The molecule has 0 bridgehead atoms. The van der Waals surface area contributed by atoms with E-state index in [0.717, 1.165) is 23.2 Å². The van der Waals surface area contributed by atoms with Gasteiger partial charge in [0.1, 0.15) is 5.75 Å². The Morgan fingerprint density at radius 2 is 1.88 bits per heavy atom. The van der Waals surface area contributed by atoms with E-state index in [1.807, 2.05) is 47.5 Å². The summed E-state index contributed by atoms with van der Waals surface area (Å²) in [6, 6.07) is 15.3. The molecule has 0 radical (unpaired) electrons. The Labute approximate surface area is 152 Å². The number of para-hydroxylation sites is 2. The van der Waals surface area contributed by atoms with Crippen molar-refractivity contribution in [3.8, 4) is 5.75 Å². The number of carbonyl (C=O) groups is 1. The molecule has 134 valence electrons. The number of nitrogens with zero attached hydrogens (tertiary/aromatic N) is 1. The van der Waals surface area contributed by atoms with Crippen LogP contribution in [0.4, 0.5) is 0 Å². The van der Waals surface area contributed by atoms with Crippen LogP contribution in [0.5, 0.6) is 5.75 Å². The third-order valence-corrected chi connectivity index (χ3v) is 5.12. The molecule has 0 saturated carbocycles. The van der Waals surface area contributed by atoms with E-state index in [-0.39, 0.29) is 11.9 Å². The smallest absolute Gasteiger partial charge is 0.240 e. The fourth-order valence-electron chi connectivity index (χ4n) is 3.67. The second-order valence-corrected chi connectivity index (χ2v) is 6.77. The van der Waals surface area contributed by atoms with Gasteiger partial charge in [0.15, 0.2) is 0 Å². The van der Waals surface area contributed by atoms with Crippen LogP contribution in [-0.4, -0.2) is 46.6 Å². The van der Waals surface area contributed by atoms with Crippen molar-refractivity contribution in [1.82, 2.24) is 15.2 Å². The first-order valence-electron chi connectivity index (χ1n) is 9.06. The summed E-state index contributed by atoms with van der Waals surface area (Å²) in [6.45, 7) is 2.12. The molecule has 2 heterocycles. The molecule has 1 atom stereocenters. The van der Waals surface area contributed by atoms with Crippen LogP contribution in [0.25, 0.3) is 10.9 Å². The second kappa shape index (κ2) is 7.22. The Balaban J connectivity index is 1.43. The maximum atomic E-state index is 12.9. The quantitative estimate of drug-likeness (QED) is 0.663. The molecule has 1 saturated heterocycles. The van der Waals surface area contributed by atoms with Gasteiger partial charge in [-0.25, -0.2) is 0 Å². The van der Waals surface area contributed by atoms with E-state index in [1.54, 1.807) is 6.07 Å². The van der Waals surface area contributed by atoms with Crippen molar-refractivity contribution in [2.45, 2.75) is 18.9 Å². The van der Waals surface area contributed by atoms with E-state index >= 15 is 0 Å². The highest BCUT2D eigenvalue weighted by molar-refractivity contribution is 5.86. The molecule has 0 unspecified atom stereocenters. The molecule has 1 aliphatic heterocycles. The number of carbonyl (C=O) groups excluding carboxylic acids is 1. The van der Waals surface area contributed by atoms with Crippen LogP contribution in [-0.2, 0) is 17.6 Å². The molecule has 1 aliphatic rings. The lowest BCUT2D eigenvalue weighted by atomic mass is 10.0. The minimum atomic E-state index is -0.202. The molecule has 1 fully saturated rings. The lowest BCUT2D eigenvalue weighted by Gasteiger charge is -2.33. The standard InChI is InChI=1S/C21H23N3O2/c25-20-8-4-1-5-15(20)9-11-24-12-10-22-19(21(24)26)13-16-14-23-18-7-3-2-6-17(16)18/h1-8,14,19,22-23,25H,9-13H2/t19-/m1/s1. The van der Waals surface area contributed by atoms with Gasteiger partial charge in [0, 0.05) is 36.7 Å². The van der Waals surface area contributed by atoms with Crippen LogP contribution >= 0.6 is 0 Å². The summed E-state index contributed by atoms with van der Waals surface area (Å²) in [5.41, 5.74) is 3.14. The lowest BCUT2D eigenvalue weighted by Crippen LogP contribution is -2.56. The molecular formula is C21H23N3O2. The highest BCUT2D eigenvalue weighted by Gasteiger charge is 2.28.